The Morgan fingerprint density at radius 1 is 0.871 bits per heavy atom. The number of hydrogen-bond acceptors (Lipinski definition) is 11. The Morgan fingerprint density at radius 3 is 2.10 bits per heavy atom. The number of benzene rings is 2. The monoisotopic (exact) mass is 860 g/mol. The molecule has 0 unspecified atom stereocenters. The summed E-state index contributed by atoms with van der Waals surface area (Å²) in [5.74, 6) is 0.601. The molecule has 15 heteroatoms. The largest absolute Gasteiger partial charge is 0.496 e. The standard InChI is InChI=1S/C47H69N7O8/c1-31(2)37-28-36(52(4)18-9-16-51(3)17-10-19-53(5)43(55)30-62-22-21-61-20-15-48)13-14-39(37)54-40(44-41(59-6)11-8-12-42(44)60-7)29-38(50-54)45(56)49-47(46(57)58)34-24-32-23-33(26-34)27-35(47)25-32/h8,11-14,28-29,31-35H,9-10,15-27,30,48H2,1-7H3,(H,49,56)(H,57,58). The third kappa shape index (κ3) is 10.4. The summed E-state index contributed by atoms with van der Waals surface area (Å²) in [5.41, 5.74) is 8.36. The van der Waals surface area contributed by atoms with Gasteiger partial charge in [0.1, 0.15) is 23.6 Å². The first kappa shape index (κ1) is 46.8. The molecule has 1 aromatic heterocycles. The lowest BCUT2D eigenvalue weighted by molar-refractivity contribution is -0.163. The summed E-state index contributed by atoms with van der Waals surface area (Å²) in [7, 11) is 9.20. The Hall–Kier alpha value is -4.70. The Labute approximate surface area is 367 Å². The number of carboxylic acids is 1. The lowest BCUT2D eigenvalue weighted by Gasteiger charge is -2.59. The van der Waals surface area contributed by atoms with Gasteiger partial charge in [0.05, 0.1) is 51.0 Å². The number of methoxy groups -OCH3 is 2. The summed E-state index contributed by atoms with van der Waals surface area (Å²) in [4.78, 5) is 46.3. The number of likely N-dealkylation sites (N-methyl/N-ethyl adjacent to an activating group) is 1. The normalized spacial score (nSPS) is 21.4. The Morgan fingerprint density at radius 2 is 1.50 bits per heavy atom. The molecule has 0 radical (unpaired) electrons. The number of amides is 2. The van der Waals surface area contributed by atoms with Crippen molar-refractivity contribution in [1.82, 2.24) is 24.9 Å². The quantitative estimate of drug-likeness (QED) is 0.0996. The summed E-state index contributed by atoms with van der Waals surface area (Å²) in [6.07, 6.45) is 6.30. The van der Waals surface area contributed by atoms with Gasteiger partial charge in [-0.1, -0.05) is 19.9 Å². The van der Waals surface area contributed by atoms with Crippen molar-refractivity contribution in [3.05, 3.63) is 53.7 Å². The van der Waals surface area contributed by atoms with Crippen molar-refractivity contribution >= 4 is 23.5 Å². The second-order valence-corrected chi connectivity index (χ2v) is 17.9. The predicted molar refractivity (Wildman–Crippen MR) is 239 cm³/mol. The van der Waals surface area contributed by atoms with Gasteiger partial charge in [0.15, 0.2) is 5.69 Å². The van der Waals surface area contributed by atoms with Gasteiger partial charge in [0.25, 0.3) is 5.91 Å². The first-order valence-electron chi connectivity index (χ1n) is 22.3. The highest BCUT2D eigenvalue weighted by Crippen LogP contribution is 2.58. The van der Waals surface area contributed by atoms with Crippen LogP contribution in [0.1, 0.15) is 80.8 Å². The van der Waals surface area contributed by atoms with Crippen LogP contribution in [0.2, 0.25) is 0 Å². The number of nitrogens with zero attached hydrogens (tertiary/aromatic N) is 5. The zero-order valence-corrected chi connectivity index (χ0v) is 37.9. The van der Waals surface area contributed by atoms with Crippen molar-refractivity contribution in [3.63, 3.8) is 0 Å². The minimum Gasteiger partial charge on any atom is -0.496 e. The molecule has 4 N–H and O–H groups in total. The molecule has 4 aliphatic carbocycles. The third-order valence-electron chi connectivity index (χ3n) is 13.4. The van der Waals surface area contributed by atoms with Crippen LogP contribution in [0, 0.1) is 23.7 Å². The molecule has 4 aliphatic rings. The minimum atomic E-state index is -1.31. The van der Waals surface area contributed by atoms with Crippen molar-refractivity contribution < 1.29 is 38.4 Å². The average molecular weight is 860 g/mol. The van der Waals surface area contributed by atoms with Gasteiger partial charge >= 0.3 is 5.97 Å². The van der Waals surface area contributed by atoms with Gasteiger partial charge in [-0.25, -0.2) is 9.48 Å². The second kappa shape index (κ2) is 21.1. The summed E-state index contributed by atoms with van der Waals surface area (Å²) in [6.45, 7) is 9.30. The van der Waals surface area contributed by atoms with Crippen LogP contribution in [0.15, 0.2) is 42.5 Å². The van der Waals surface area contributed by atoms with Crippen LogP contribution < -0.4 is 25.4 Å². The van der Waals surface area contributed by atoms with Gasteiger partial charge in [-0.3, -0.25) is 9.59 Å². The van der Waals surface area contributed by atoms with Gasteiger partial charge in [0, 0.05) is 39.4 Å². The van der Waals surface area contributed by atoms with E-state index in [1.807, 2.05) is 24.3 Å². The van der Waals surface area contributed by atoms with Crippen molar-refractivity contribution in [3.8, 4) is 28.4 Å². The van der Waals surface area contributed by atoms with E-state index in [2.05, 4.69) is 55.2 Å². The van der Waals surface area contributed by atoms with E-state index in [1.165, 1.54) is 6.42 Å². The highest BCUT2D eigenvalue weighted by atomic mass is 16.5. The molecule has 62 heavy (non-hydrogen) atoms. The number of carboxylic acid groups (broad SMARTS) is 1. The van der Waals surface area contributed by atoms with Crippen LogP contribution in [-0.2, 0) is 19.1 Å². The lowest BCUT2D eigenvalue weighted by Crippen LogP contribution is -2.70. The Kier molecular flexibility index (Phi) is 15.9. The van der Waals surface area contributed by atoms with E-state index >= 15 is 0 Å². The molecule has 4 bridgehead atoms. The van der Waals surface area contributed by atoms with E-state index in [4.69, 9.17) is 29.8 Å². The molecule has 1 heterocycles. The molecule has 15 nitrogen and oxygen atoms in total. The van der Waals surface area contributed by atoms with E-state index in [-0.39, 0.29) is 36.0 Å². The van der Waals surface area contributed by atoms with Gasteiger partial charge < -0.3 is 49.8 Å². The van der Waals surface area contributed by atoms with Crippen LogP contribution >= 0.6 is 0 Å². The molecule has 7 rings (SSSR count). The van der Waals surface area contributed by atoms with Gasteiger partial charge in [-0.15, -0.1) is 0 Å². The number of carbonyl (C=O) groups excluding carboxylic acids is 2. The molecule has 0 spiro atoms. The lowest BCUT2D eigenvalue weighted by atomic mass is 9.48. The summed E-state index contributed by atoms with van der Waals surface area (Å²) in [6, 6.07) is 13.6. The molecule has 0 aliphatic heterocycles. The van der Waals surface area contributed by atoms with Crippen LogP contribution in [0.4, 0.5) is 5.69 Å². The fourth-order valence-electron chi connectivity index (χ4n) is 10.3. The van der Waals surface area contributed by atoms with Crippen LogP contribution in [-0.4, -0.2) is 143 Å². The molecule has 2 aromatic carbocycles. The van der Waals surface area contributed by atoms with E-state index in [9.17, 15) is 19.5 Å². The number of hydrogen-bond donors (Lipinski definition) is 3. The van der Waals surface area contributed by atoms with Crippen molar-refractivity contribution in [1.29, 1.82) is 0 Å². The fourth-order valence-corrected chi connectivity index (χ4v) is 10.3. The molecular weight excluding hydrogens is 791 g/mol. The van der Waals surface area contributed by atoms with Crippen LogP contribution in [0.5, 0.6) is 11.5 Å². The second-order valence-electron chi connectivity index (χ2n) is 17.9. The number of rotatable bonds is 24. The van der Waals surface area contributed by atoms with Crippen molar-refractivity contribution in [2.24, 2.45) is 29.4 Å². The average Bonchev–Trinajstić information content (AvgIpc) is 3.70. The minimum absolute atomic E-state index is 0.0401. The molecule has 0 atom stereocenters. The maximum Gasteiger partial charge on any atom is 0.330 e. The third-order valence-corrected chi connectivity index (χ3v) is 13.4. The van der Waals surface area contributed by atoms with Crippen molar-refractivity contribution in [2.45, 2.75) is 70.3 Å². The summed E-state index contributed by atoms with van der Waals surface area (Å²) >= 11 is 0. The molecule has 4 saturated carbocycles. The van der Waals surface area contributed by atoms with Crippen molar-refractivity contribution in [2.75, 3.05) is 99.4 Å². The molecule has 3 aromatic rings. The smallest absolute Gasteiger partial charge is 0.330 e. The topological polar surface area (TPSA) is 174 Å². The van der Waals surface area contributed by atoms with E-state index in [0.29, 0.717) is 67.5 Å². The molecule has 4 fully saturated rings. The predicted octanol–water partition coefficient (Wildman–Crippen LogP) is 5.29. The maximum atomic E-state index is 14.4. The van der Waals surface area contributed by atoms with Crippen LogP contribution in [0.25, 0.3) is 16.9 Å². The highest BCUT2D eigenvalue weighted by Gasteiger charge is 2.62. The van der Waals surface area contributed by atoms with Gasteiger partial charge in [0.2, 0.25) is 5.91 Å². The van der Waals surface area contributed by atoms with E-state index in [1.54, 1.807) is 36.9 Å². The Balaban J connectivity index is 1.16. The number of anilines is 1. The zero-order valence-electron chi connectivity index (χ0n) is 37.9. The molecular formula is C47H69N7O8. The Bertz CT molecular complexity index is 1950. The van der Waals surface area contributed by atoms with E-state index in [0.717, 1.165) is 75.1 Å². The number of nitrogens with one attached hydrogen (secondary N) is 1. The SMILES string of the molecule is COc1cccc(OC)c1-c1cc(C(=O)NC2(C(=O)O)C3CC4CC(C3)CC2C4)nn1-c1ccc(N(C)CCCN(C)CCCN(C)C(=O)COCCOCCN)cc1C(C)C. The molecule has 2 amide bonds. The highest BCUT2D eigenvalue weighted by molar-refractivity contribution is 5.98. The van der Waals surface area contributed by atoms with E-state index < -0.39 is 17.4 Å². The zero-order chi connectivity index (χ0) is 44.6. The number of aromatic nitrogens is 2. The first-order chi connectivity index (χ1) is 29.8. The number of carbonyl (C=O) groups is 3. The summed E-state index contributed by atoms with van der Waals surface area (Å²) in [5, 5.41) is 18.9. The maximum absolute atomic E-state index is 14.4. The van der Waals surface area contributed by atoms with Gasteiger partial charge in [-0.2, -0.15) is 5.10 Å². The molecule has 340 valence electrons. The number of ether oxygens (including phenoxy) is 4. The first-order valence-corrected chi connectivity index (χ1v) is 22.3. The summed E-state index contributed by atoms with van der Waals surface area (Å²) < 4.78 is 24.2. The molecule has 0 saturated heterocycles. The number of aliphatic carboxylic acids is 1. The number of nitrogens with two attached hydrogens (primary N) is 1. The van der Waals surface area contributed by atoms with Gasteiger partial charge in [-0.05, 0) is 137 Å². The van der Waals surface area contributed by atoms with Crippen LogP contribution in [0.3, 0.4) is 0 Å². The fraction of sp³-hybridized carbons (Fsp3) is 0.617.